The van der Waals surface area contributed by atoms with Gasteiger partial charge in [0, 0.05) is 19.8 Å². The Balaban J connectivity index is 1.78. The van der Waals surface area contributed by atoms with Gasteiger partial charge in [-0.15, -0.1) is 0 Å². The molecule has 21 heavy (non-hydrogen) atoms. The number of nitrogens with zero attached hydrogens (tertiary/aromatic N) is 2. The molecule has 2 aromatic rings. The predicted octanol–water partition coefficient (Wildman–Crippen LogP) is 2.83. The Hall–Kier alpha value is -1.68. The van der Waals surface area contributed by atoms with Crippen LogP contribution in [0.3, 0.4) is 0 Å². The van der Waals surface area contributed by atoms with Gasteiger partial charge in [0.05, 0.1) is 17.2 Å². The molecule has 112 valence electrons. The van der Waals surface area contributed by atoms with E-state index in [9.17, 15) is 4.79 Å². The van der Waals surface area contributed by atoms with Gasteiger partial charge in [-0.05, 0) is 56.2 Å². The first-order valence-corrected chi connectivity index (χ1v) is 7.70. The molecule has 1 aromatic carbocycles. The van der Waals surface area contributed by atoms with E-state index in [1.54, 1.807) is 10.9 Å². The van der Waals surface area contributed by atoms with Crippen LogP contribution in [-0.2, 0) is 11.3 Å². The fourth-order valence-electron chi connectivity index (χ4n) is 3.00. The third-order valence-electron chi connectivity index (χ3n) is 4.55. The van der Waals surface area contributed by atoms with Gasteiger partial charge in [-0.3, -0.25) is 9.36 Å². The normalized spacial score (nSPS) is 18.5. The fourth-order valence-corrected chi connectivity index (χ4v) is 3.00. The summed E-state index contributed by atoms with van der Waals surface area (Å²) >= 11 is 0. The minimum Gasteiger partial charge on any atom is -0.381 e. The third-order valence-corrected chi connectivity index (χ3v) is 4.55. The molecule has 1 unspecified atom stereocenters. The molecule has 0 amide bonds. The number of fused-ring (bicyclic) bond motifs is 1. The third kappa shape index (κ3) is 2.86. The molecule has 1 atom stereocenters. The Bertz CT molecular complexity index is 700. The zero-order valence-corrected chi connectivity index (χ0v) is 12.8. The lowest BCUT2D eigenvalue weighted by molar-refractivity contribution is 0.183. The maximum Gasteiger partial charge on any atom is 0.261 e. The lowest BCUT2D eigenvalue weighted by Crippen LogP contribution is -2.21. The maximum atomic E-state index is 12.5. The van der Waals surface area contributed by atoms with Crippen LogP contribution in [-0.4, -0.2) is 22.8 Å². The largest absolute Gasteiger partial charge is 0.381 e. The summed E-state index contributed by atoms with van der Waals surface area (Å²) in [6, 6.07) is 3.90. The van der Waals surface area contributed by atoms with E-state index in [1.807, 2.05) is 26.0 Å². The fraction of sp³-hybridized carbons (Fsp3) is 0.529. The SMILES string of the molecule is Cc1ccc2c(=O)n(CCCC3CCOC3)cnc2c1C. The molecule has 0 saturated carbocycles. The van der Waals surface area contributed by atoms with Gasteiger partial charge >= 0.3 is 0 Å². The van der Waals surface area contributed by atoms with Gasteiger partial charge in [-0.1, -0.05) is 6.07 Å². The van der Waals surface area contributed by atoms with Crippen molar-refractivity contribution < 1.29 is 4.74 Å². The molecule has 1 aliphatic rings. The molecule has 0 N–H and O–H groups in total. The zero-order valence-electron chi connectivity index (χ0n) is 12.8. The van der Waals surface area contributed by atoms with Crippen LogP contribution in [0.5, 0.6) is 0 Å². The molecule has 0 bridgehead atoms. The van der Waals surface area contributed by atoms with Crippen LogP contribution in [0.4, 0.5) is 0 Å². The van der Waals surface area contributed by atoms with Gasteiger partial charge < -0.3 is 4.74 Å². The highest BCUT2D eigenvalue weighted by atomic mass is 16.5. The Labute approximate surface area is 124 Å². The van der Waals surface area contributed by atoms with Crippen molar-refractivity contribution in [2.75, 3.05) is 13.2 Å². The Kier molecular flexibility index (Phi) is 4.06. The Morgan fingerprint density at radius 1 is 1.38 bits per heavy atom. The summed E-state index contributed by atoms with van der Waals surface area (Å²) in [5, 5.41) is 0.727. The van der Waals surface area contributed by atoms with Crippen LogP contribution in [0, 0.1) is 19.8 Å². The molecule has 1 fully saturated rings. The molecular weight excluding hydrogens is 264 g/mol. The first kappa shape index (κ1) is 14.3. The zero-order chi connectivity index (χ0) is 14.8. The van der Waals surface area contributed by atoms with Crippen LogP contribution < -0.4 is 5.56 Å². The molecule has 1 saturated heterocycles. The van der Waals surface area contributed by atoms with Gasteiger partial charge in [-0.2, -0.15) is 0 Å². The van der Waals surface area contributed by atoms with Crippen molar-refractivity contribution in [1.82, 2.24) is 9.55 Å². The molecule has 0 aliphatic carbocycles. The van der Waals surface area contributed by atoms with Crippen LogP contribution in [0.15, 0.2) is 23.3 Å². The summed E-state index contributed by atoms with van der Waals surface area (Å²) in [5.41, 5.74) is 3.18. The first-order chi connectivity index (χ1) is 10.2. The number of hydrogen-bond donors (Lipinski definition) is 0. The molecule has 0 spiro atoms. The highest BCUT2D eigenvalue weighted by molar-refractivity contribution is 5.81. The lowest BCUT2D eigenvalue weighted by atomic mass is 10.0. The monoisotopic (exact) mass is 286 g/mol. The first-order valence-electron chi connectivity index (χ1n) is 7.70. The smallest absolute Gasteiger partial charge is 0.261 e. The molecule has 1 aliphatic heterocycles. The van der Waals surface area contributed by atoms with Crippen LogP contribution in [0.2, 0.25) is 0 Å². The van der Waals surface area contributed by atoms with Crippen molar-refractivity contribution in [3.8, 4) is 0 Å². The van der Waals surface area contributed by atoms with E-state index < -0.39 is 0 Å². The summed E-state index contributed by atoms with van der Waals surface area (Å²) in [6.07, 6.45) is 4.98. The molecule has 2 heterocycles. The second-order valence-electron chi connectivity index (χ2n) is 6.02. The highest BCUT2D eigenvalue weighted by Gasteiger charge is 2.15. The van der Waals surface area contributed by atoms with Crippen molar-refractivity contribution in [3.63, 3.8) is 0 Å². The van der Waals surface area contributed by atoms with Gasteiger partial charge in [0.15, 0.2) is 0 Å². The number of ether oxygens (including phenoxy) is 1. The van der Waals surface area contributed by atoms with Crippen LogP contribution >= 0.6 is 0 Å². The summed E-state index contributed by atoms with van der Waals surface area (Å²) in [7, 11) is 0. The molecule has 4 heteroatoms. The number of aryl methyl sites for hydroxylation is 3. The number of aromatic nitrogens is 2. The van der Waals surface area contributed by atoms with Crippen molar-refractivity contribution in [2.24, 2.45) is 5.92 Å². The highest BCUT2D eigenvalue weighted by Crippen LogP contribution is 2.19. The Morgan fingerprint density at radius 3 is 3.00 bits per heavy atom. The van der Waals surface area contributed by atoms with Crippen LogP contribution in [0.25, 0.3) is 10.9 Å². The average Bonchev–Trinajstić information content (AvgIpc) is 2.99. The predicted molar refractivity (Wildman–Crippen MR) is 83.6 cm³/mol. The van der Waals surface area contributed by atoms with E-state index in [0.29, 0.717) is 5.92 Å². The van der Waals surface area contributed by atoms with Crippen molar-refractivity contribution in [3.05, 3.63) is 39.9 Å². The number of hydrogen-bond acceptors (Lipinski definition) is 3. The van der Waals surface area contributed by atoms with Gasteiger partial charge in [0.1, 0.15) is 0 Å². The second kappa shape index (κ2) is 5.98. The van der Waals surface area contributed by atoms with Crippen molar-refractivity contribution in [1.29, 1.82) is 0 Å². The van der Waals surface area contributed by atoms with E-state index >= 15 is 0 Å². The summed E-state index contributed by atoms with van der Waals surface area (Å²) in [5.74, 6) is 0.666. The summed E-state index contributed by atoms with van der Waals surface area (Å²) in [4.78, 5) is 17.0. The molecule has 0 radical (unpaired) electrons. The minimum atomic E-state index is 0.0748. The number of rotatable bonds is 4. The standard InChI is InChI=1S/C17H22N2O2/c1-12-5-6-15-16(13(12)2)18-11-19(17(15)20)8-3-4-14-7-9-21-10-14/h5-6,11,14H,3-4,7-10H2,1-2H3. The maximum absolute atomic E-state index is 12.5. The van der Waals surface area contributed by atoms with Gasteiger partial charge in [0.25, 0.3) is 5.56 Å². The van der Waals surface area contributed by atoms with Crippen molar-refractivity contribution in [2.45, 2.75) is 39.7 Å². The van der Waals surface area contributed by atoms with Gasteiger partial charge in [0.2, 0.25) is 0 Å². The topological polar surface area (TPSA) is 44.1 Å². The summed E-state index contributed by atoms with van der Waals surface area (Å²) < 4.78 is 7.13. The minimum absolute atomic E-state index is 0.0748. The second-order valence-corrected chi connectivity index (χ2v) is 6.02. The lowest BCUT2D eigenvalue weighted by Gasteiger charge is -2.10. The Morgan fingerprint density at radius 2 is 2.24 bits per heavy atom. The molecule has 1 aromatic heterocycles. The van der Waals surface area contributed by atoms with Crippen LogP contribution in [0.1, 0.15) is 30.4 Å². The van der Waals surface area contributed by atoms with E-state index in [2.05, 4.69) is 4.98 Å². The van der Waals surface area contributed by atoms with E-state index in [0.717, 1.165) is 55.5 Å². The average molecular weight is 286 g/mol. The molecule has 3 rings (SSSR count). The molecular formula is C17H22N2O2. The van der Waals surface area contributed by atoms with E-state index in [4.69, 9.17) is 4.74 Å². The van der Waals surface area contributed by atoms with E-state index in [1.165, 1.54) is 5.56 Å². The quantitative estimate of drug-likeness (QED) is 0.868. The summed E-state index contributed by atoms with van der Waals surface area (Å²) in [6.45, 7) is 6.58. The number of benzene rings is 1. The van der Waals surface area contributed by atoms with Crippen molar-refractivity contribution >= 4 is 10.9 Å². The molecule has 4 nitrogen and oxygen atoms in total. The van der Waals surface area contributed by atoms with Gasteiger partial charge in [-0.25, -0.2) is 4.98 Å². The van der Waals surface area contributed by atoms with E-state index in [-0.39, 0.29) is 5.56 Å².